The first kappa shape index (κ1) is 20.1. The second kappa shape index (κ2) is 8.55. The van der Waals surface area contributed by atoms with Gasteiger partial charge in [-0.2, -0.15) is 0 Å². The fourth-order valence-electron chi connectivity index (χ4n) is 3.38. The Morgan fingerprint density at radius 3 is 2.68 bits per heavy atom. The average molecular weight is 405 g/mol. The maximum atomic E-state index is 12.2. The largest absolute Gasteiger partial charge is 0.456 e. The summed E-state index contributed by atoms with van der Waals surface area (Å²) < 4.78 is 10.1. The predicted octanol–water partition coefficient (Wildman–Crippen LogP) is 2.45. The summed E-state index contributed by atoms with van der Waals surface area (Å²) >= 11 is 1.37. The molecule has 1 aliphatic rings. The zero-order chi connectivity index (χ0) is 20.3. The van der Waals surface area contributed by atoms with Crippen LogP contribution in [0.25, 0.3) is 0 Å². The molecule has 0 bridgehead atoms. The Morgan fingerprint density at radius 1 is 1.25 bits per heavy atom. The van der Waals surface area contributed by atoms with Crippen LogP contribution in [0.5, 0.6) is 0 Å². The first-order valence-corrected chi connectivity index (χ1v) is 10.00. The van der Waals surface area contributed by atoms with Gasteiger partial charge in [0.2, 0.25) is 0 Å². The number of thiophene rings is 1. The number of aryl methyl sites for hydroxylation is 3. The molecule has 0 fully saturated rings. The first-order valence-electron chi connectivity index (χ1n) is 9.18. The Labute approximate surface area is 166 Å². The molecule has 2 heterocycles. The van der Waals surface area contributed by atoms with Gasteiger partial charge in [-0.1, -0.05) is 5.16 Å². The zero-order valence-corrected chi connectivity index (χ0v) is 16.7. The van der Waals surface area contributed by atoms with E-state index in [4.69, 9.17) is 15.0 Å². The van der Waals surface area contributed by atoms with Crippen LogP contribution in [0, 0.1) is 13.8 Å². The summed E-state index contributed by atoms with van der Waals surface area (Å²) in [5.74, 6) is -0.864. The summed E-state index contributed by atoms with van der Waals surface area (Å²) in [6.45, 7) is 3.17. The molecule has 8 nitrogen and oxygen atoms in total. The number of primary amides is 1. The number of aromatic nitrogens is 1. The summed E-state index contributed by atoms with van der Waals surface area (Å²) in [6, 6.07) is 0. The van der Waals surface area contributed by atoms with Crippen molar-refractivity contribution in [2.45, 2.75) is 52.4 Å². The third-order valence-corrected chi connectivity index (χ3v) is 6.00. The van der Waals surface area contributed by atoms with Crippen molar-refractivity contribution in [3.8, 4) is 0 Å². The summed E-state index contributed by atoms with van der Waals surface area (Å²) in [4.78, 5) is 37.0. The van der Waals surface area contributed by atoms with Crippen LogP contribution in [0.15, 0.2) is 4.52 Å². The maximum Gasteiger partial charge on any atom is 0.306 e. The van der Waals surface area contributed by atoms with Gasteiger partial charge < -0.3 is 20.3 Å². The molecular formula is C19H23N3O5S. The number of ether oxygens (including phenoxy) is 1. The van der Waals surface area contributed by atoms with Crippen molar-refractivity contribution >= 4 is 34.1 Å². The predicted molar refractivity (Wildman–Crippen MR) is 103 cm³/mol. The van der Waals surface area contributed by atoms with Gasteiger partial charge in [-0.05, 0) is 51.5 Å². The monoisotopic (exact) mass is 405 g/mol. The van der Waals surface area contributed by atoms with Gasteiger partial charge in [0.1, 0.15) is 10.8 Å². The summed E-state index contributed by atoms with van der Waals surface area (Å²) in [5.41, 5.74) is 8.45. The minimum Gasteiger partial charge on any atom is -0.456 e. The molecule has 3 rings (SSSR count). The molecule has 2 aromatic rings. The summed E-state index contributed by atoms with van der Waals surface area (Å²) in [7, 11) is 0. The number of anilines is 1. The number of hydrogen-bond donors (Lipinski definition) is 2. The summed E-state index contributed by atoms with van der Waals surface area (Å²) in [6.07, 6.45) is 4.28. The molecule has 0 saturated heterocycles. The summed E-state index contributed by atoms with van der Waals surface area (Å²) in [5, 5.41) is 6.95. The molecule has 0 atom stereocenters. The van der Waals surface area contributed by atoms with Crippen molar-refractivity contribution < 1.29 is 23.6 Å². The lowest BCUT2D eigenvalue weighted by atomic mass is 9.95. The molecule has 0 aromatic carbocycles. The Morgan fingerprint density at radius 2 is 2.00 bits per heavy atom. The highest BCUT2D eigenvalue weighted by molar-refractivity contribution is 7.17. The molecule has 9 heteroatoms. The van der Waals surface area contributed by atoms with Crippen LogP contribution in [0.1, 0.15) is 57.1 Å². The van der Waals surface area contributed by atoms with Gasteiger partial charge in [-0.25, -0.2) is 0 Å². The van der Waals surface area contributed by atoms with E-state index >= 15 is 0 Å². The van der Waals surface area contributed by atoms with Crippen molar-refractivity contribution in [2.75, 3.05) is 11.9 Å². The van der Waals surface area contributed by atoms with E-state index in [1.54, 1.807) is 6.92 Å². The highest BCUT2D eigenvalue weighted by Crippen LogP contribution is 2.37. The zero-order valence-electron chi connectivity index (χ0n) is 15.9. The second-order valence-corrected chi connectivity index (χ2v) is 7.90. The van der Waals surface area contributed by atoms with Gasteiger partial charge in [0.25, 0.3) is 11.8 Å². The minimum absolute atomic E-state index is 0.121. The normalized spacial score (nSPS) is 13.1. The van der Waals surface area contributed by atoms with Crippen molar-refractivity contribution in [1.29, 1.82) is 0 Å². The molecule has 2 amide bonds. The number of esters is 1. The number of hydrogen-bond acceptors (Lipinski definition) is 7. The van der Waals surface area contributed by atoms with Crippen molar-refractivity contribution in [2.24, 2.45) is 5.73 Å². The fourth-order valence-corrected chi connectivity index (χ4v) is 4.69. The molecule has 1 aliphatic carbocycles. The van der Waals surface area contributed by atoms with Gasteiger partial charge in [0, 0.05) is 16.9 Å². The maximum absolute atomic E-state index is 12.2. The van der Waals surface area contributed by atoms with Gasteiger partial charge in [-0.3, -0.25) is 14.4 Å². The Bertz CT molecular complexity index is 896. The molecule has 0 aliphatic heterocycles. The van der Waals surface area contributed by atoms with Crippen LogP contribution < -0.4 is 11.1 Å². The van der Waals surface area contributed by atoms with Crippen LogP contribution in [-0.4, -0.2) is 29.5 Å². The van der Waals surface area contributed by atoms with Gasteiger partial charge in [0.05, 0.1) is 11.3 Å². The Hall–Kier alpha value is -2.68. The molecule has 0 spiro atoms. The molecule has 0 unspecified atom stereocenters. The highest BCUT2D eigenvalue weighted by atomic mass is 32.1. The third kappa shape index (κ3) is 4.41. The van der Waals surface area contributed by atoms with E-state index in [1.165, 1.54) is 11.3 Å². The molecule has 0 saturated carbocycles. The highest BCUT2D eigenvalue weighted by Gasteiger charge is 2.25. The average Bonchev–Trinajstić information content (AvgIpc) is 3.17. The van der Waals surface area contributed by atoms with Gasteiger partial charge in [-0.15, -0.1) is 11.3 Å². The molecular weight excluding hydrogens is 382 g/mol. The minimum atomic E-state index is -0.550. The van der Waals surface area contributed by atoms with E-state index in [0.29, 0.717) is 22.7 Å². The quantitative estimate of drug-likeness (QED) is 0.682. The van der Waals surface area contributed by atoms with Gasteiger partial charge >= 0.3 is 5.97 Å². The molecule has 0 radical (unpaired) electrons. The van der Waals surface area contributed by atoms with E-state index < -0.39 is 24.4 Å². The van der Waals surface area contributed by atoms with Crippen molar-refractivity contribution in [3.63, 3.8) is 0 Å². The number of amides is 2. The molecule has 2 aromatic heterocycles. The van der Waals surface area contributed by atoms with Crippen LogP contribution in [0.2, 0.25) is 0 Å². The van der Waals surface area contributed by atoms with Gasteiger partial charge in [0.15, 0.2) is 6.61 Å². The molecule has 28 heavy (non-hydrogen) atoms. The number of nitrogens with two attached hydrogens (primary N) is 1. The van der Waals surface area contributed by atoms with E-state index in [-0.39, 0.29) is 6.42 Å². The van der Waals surface area contributed by atoms with Crippen LogP contribution in [-0.2, 0) is 33.6 Å². The van der Waals surface area contributed by atoms with Crippen LogP contribution in [0.3, 0.4) is 0 Å². The SMILES string of the molecule is Cc1noc(C)c1CCC(=O)OCC(=O)Nc1sc2c(c1C(N)=O)CCCC2. The fraction of sp³-hybridized carbons (Fsp3) is 0.474. The number of fused-ring (bicyclic) bond motifs is 1. The number of nitrogens with one attached hydrogen (secondary N) is 1. The topological polar surface area (TPSA) is 125 Å². The first-order chi connectivity index (χ1) is 13.4. The third-order valence-electron chi connectivity index (χ3n) is 4.80. The smallest absolute Gasteiger partial charge is 0.306 e. The van der Waals surface area contributed by atoms with E-state index in [1.807, 2.05) is 6.92 Å². The van der Waals surface area contributed by atoms with Crippen LogP contribution in [0.4, 0.5) is 5.00 Å². The number of carbonyl (C=O) groups excluding carboxylic acids is 3. The Kier molecular flexibility index (Phi) is 6.13. The van der Waals surface area contributed by atoms with E-state index in [0.717, 1.165) is 47.4 Å². The van der Waals surface area contributed by atoms with Crippen LogP contribution >= 0.6 is 11.3 Å². The van der Waals surface area contributed by atoms with Crippen molar-refractivity contribution in [1.82, 2.24) is 5.16 Å². The standard InChI is InChI=1S/C19H23N3O5S/c1-10-12(11(2)27-22-10)7-8-16(24)26-9-15(23)21-19-17(18(20)25)13-5-3-4-6-14(13)28-19/h3-9H2,1-2H3,(H2,20,25)(H,21,23). The number of nitrogens with zero attached hydrogens (tertiary/aromatic N) is 1. The molecule has 3 N–H and O–H groups in total. The number of carbonyl (C=O) groups is 3. The lowest BCUT2D eigenvalue weighted by Gasteiger charge is -2.11. The lowest BCUT2D eigenvalue weighted by Crippen LogP contribution is -2.23. The van der Waals surface area contributed by atoms with E-state index in [9.17, 15) is 14.4 Å². The lowest BCUT2D eigenvalue weighted by molar-refractivity contribution is -0.147. The van der Waals surface area contributed by atoms with E-state index in [2.05, 4.69) is 10.5 Å². The molecule has 150 valence electrons. The Balaban J connectivity index is 1.54. The van der Waals surface area contributed by atoms with Crippen molar-refractivity contribution in [3.05, 3.63) is 33.0 Å². The second-order valence-electron chi connectivity index (χ2n) is 6.79. The number of rotatable bonds is 7.